The van der Waals surface area contributed by atoms with Crippen LogP contribution in [0.25, 0.3) is 0 Å². The van der Waals surface area contributed by atoms with Gasteiger partial charge in [-0.05, 0) is 25.8 Å². The predicted octanol–water partition coefficient (Wildman–Crippen LogP) is 0.388. The molecule has 2 aliphatic rings. The lowest BCUT2D eigenvalue weighted by Crippen LogP contribution is -2.22. The fourth-order valence-electron chi connectivity index (χ4n) is 1.96. The van der Waals surface area contributed by atoms with Crippen molar-refractivity contribution in [3.05, 3.63) is 22.2 Å². The first-order chi connectivity index (χ1) is 7.81. The first-order valence-electron chi connectivity index (χ1n) is 5.80. The Kier molecular flexibility index (Phi) is 2.40. The Morgan fingerprint density at radius 3 is 2.94 bits per heavy atom. The van der Waals surface area contributed by atoms with Crippen molar-refractivity contribution in [2.45, 2.75) is 31.3 Å². The van der Waals surface area contributed by atoms with Crippen LogP contribution in [-0.4, -0.2) is 29.2 Å². The van der Waals surface area contributed by atoms with Gasteiger partial charge in [0, 0.05) is 12.5 Å². The van der Waals surface area contributed by atoms with Crippen LogP contribution in [0.3, 0.4) is 0 Å². The Morgan fingerprint density at radius 2 is 2.25 bits per heavy atom. The van der Waals surface area contributed by atoms with Crippen molar-refractivity contribution < 1.29 is 4.74 Å². The molecule has 0 radical (unpaired) electrons. The van der Waals surface area contributed by atoms with Gasteiger partial charge in [-0.1, -0.05) is 0 Å². The highest BCUT2D eigenvalue weighted by molar-refractivity contribution is 5.14. The Balaban J connectivity index is 1.79. The van der Waals surface area contributed by atoms with Crippen molar-refractivity contribution in [2.24, 2.45) is 0 Å². The number of hydrogen-bond acceptors (Lipinski definition) is 4. The van der Waals surface area contributed by atoms with Crippen LogP contribution >= 0.6 is 0 Å². The highest BCUT2D eigenvalue weighted by Gasteiger charge is 2.27. The second-order valence-corrected chi connectivity index (χ2v) is 4.48. The van der Waals surface area contributed by atoms with Crippen molar-refractivity contribution in [1.29, 1.82) is 0 Å². The Bertz CT molecular complexity index is 433. The van der Waals surface area contributed by atoms with Crippen LogP contribution < -0.4 is 15.6 Å². The van der Waals surface area contributed by atoms with Crippen molar-refractivity contribution in [1.82, 2.24) is 15.3 Å². The average Bonchev–Trinajstić information content (AvgIpc) is 2.98. The summed E-state index contributed by atoms with van der Waals surface area (Å²) in [5.41, 5.74) is -0.113. The number of hydrogen-bond donors (Lipinski definition) is 2. The standard InChI is InChI=1S/C11H15N3O2/c15-9-5-10(16-8-3-4-12-6-8)14-11(13-9)7-1-2-7/h5,7-8,12H,1-4,6H2,(H,13,14,15). The van der Waals surface area contributed by atoms with Crippen molar-refractivity contribution in [3.8, 4) is 5.88 Å². The molecule has 2 fully saturated rings. The SMILES string of the molecule is O=c1cc(OC2CCNC2)nc(C2CC2)[nH]1. The first kappa shape index (κ1) is 9.84. The molecule has 0 spiro atoms. The minimum atomic E-state index is -0.113. The second kappa shape index (κ2) is 3.90. The van der Waals surface area contributed by atoms with Gasteiger partial charge in [0.25, 0.3) is 5.56 Å². The predicted molar refractivity (Wildman–Crippen MR) is 58.7 cm³/mol. The monoisotopic (exact) mass is 221 g/mol. The largest absolute Gasteiger partial charge is 0.473 e. The molecule has 2 heterocycles. The number of nitrogens with one attached hydrogen (secondary N) is 2. The molecule has 16 heavy (non-hydrogen) atoms. The Morgan fingerprint density at radius 1 is 1.38 bits per heavy atom. The third kappa shape index (κ3) is 2.09. The summed E-state index contributed by atoms with van der Waals surface area (Å²) in [5.74, 6) is 1.70. The van der Waals surface area contributed by atoms with Gasteiger partial charge < -0.3 is 15.0 Å². The van der Waals surface area contributed by atoms with Crippen molar-refractivity contribution >= 4 is 0 Å². The molecular formula is C11H15N3O2. The van der Waals surface area contributed by atoms with Gasteiger partial charge in [-0.15, -0.1) is 0 Å². The smallest absolute Gasteiger partial charge is 0.254 e. The van der Waals surface area contributed by atoms with E-state index in [1.165, 1.54) is 6.07 Å². The molecule has 1 saturated heterocycles. The van der Waals surface area contributed by atoms with Gasteiger partial charge in [0.15, 0.2) is 0 Å². The lowest BCUT2D eigenvalue weighted by molar-refractivity contribution is 0.212. The number of H-pyrrole nitrogens is 1. The third-order valence-electron chi connectivity index (χ3n) is 3.00. The summed E-state index contributed by atoms with van der Waals surface area (Å²) in [6.45, 7) is 1.82. The molecule has 5 heteroatoms. The van der Waals surface area contributed by atoms with E-state index >= 15 is 0 Å². The molecule has 1 aromatic heterocycles. The summed E-state index contributed by atoms with van der Waals surface area (Å²) in [5, 5.41) is 3.22. The van der Waals surface area contributed by atoms with E-state index in [9.17, 15) is 4.79 Å². The summed E-state index contributed by atoms with van der Waals surface area (Å²) in [7, 11) is 0. The summed E-state index contributed by atoms with van der Waals surface area (Å²) < 4.78 is 5.68. The van der Waals surface area contributed by atoms with Crippen LogP contribution in [0, 0.1) is 0 Å². The van der Waals surface area contributed by atoms with Gasteiger partial charge in [0.2, 0.25) is 5.88 Å². The molecule has 1 saturated carbocycles. The quantitative estimate of drug-likeness (QED) is 0.774. The maximum Gasteiger partial charge on any atom is 0.254 e. The molecule has 1 aromatic rings. The third-order valence-corrected chi connectivity index (χ3v) is 3.00. The number of aromatic nitrogens is 2. The Labute approximate surface area is 93.2 Å². The van der Waals surface area contributed by atoms with E-state index in [0.29, 0.717) is 11.8 Å². The number of ether oxygens (including phenoxy) is 1. The summed E-state index contributed by atoms with van der Waals surface area (Å²) >= 11 is 0. The van der Waals surface area contributed by atoms with Crippen molar-refractivity contribution in [3.63, 3.8) is 0 Å². The molecule has 0 aromatic carbocycles. The molecule has 1 aliphatic carbocycles. The zero-order valence-corrected chi connectivity index (χ0v) is 9.03. The number of rotatable bonds is 3. The minimum absolute atomic E-state index is 0.113. The normalized spacial score (nSPS) is 24.6. The van der Waals surface area contributed by atoms with E-state index in [4.69, 9.17) is 4.74 Å². The van der Waals surface area contributed by atoms with E-state index in [0.717, 1.165) is 38.2 Å². The number of nitrogens with zero attached hydrogens (tertiary/aromatic N) is 1. The molecular weight excluding hydrogens is 206 g/mol. The molecule has 0 amide bonds. The summed E-state index contributed by atoms with van der Waals surface area (Å²) in [6, 6.07) is 1.43. The van der Waals surface area contributed by atoms with E-state index in [1.54, 1.807) is 0 Å². The van der Waals surface area contributed by atoms with Crippen molar-refractivity contribution in [2.75, 3.05) is 13.1 Å². The average molecular weight is 221 g/mol. The first-order valence-corrected chi connectivity index (χ1v) is 5.80. The minimum Gasteiger partial charge on any atom is -0.473 e. The van der Waals surface area contributed by atoms with Gasteiger partial charge in [0.1, 0.15) is 11.9 Å². The highest BCUT2D eigenvalue weighted by atomic mass is 16.5. The fourth-order valence-corrected chi connectivity index (χ4v) is 1.96. The molecule has 1 atom stereocenters. The molecule has 0 bridgehead atoms. The van der Waals surface area contributed by atoms with Gasteiger partial charge in [-0.3, -0.25) is 4.79 Å². The molecule has 86 valence electrons. The second-order valence-electron chi connectivity index (χ2n) is 4.48. The van der Waals surface area contributed by atoms with Gasteiger partial charge >= 0.3 is 0 Å². The zero-order chi connectivity index (χ0) is 11.0. The fraction of sp³-hybridized carbons (Fsp3) is 0.636. The van der Waals surface area contributed by atoms with Gasteiger partial charge in [-0.2, -0.15) is 4.98 Å². The number of aromatic amines is 1. The van der Waals surface area contributed by atoms with Crippen LogP contribution in [0.5, 0.6) is 5.88 Å². The van der Waals surface area contributed by atoms with E-state index < -0.39 is 0 Å². The van der Waals surface area contributed by atoms with Crippen LogP contribution in [0.1, 0.15) is 31.0 Å². The lowest BCUT2D eigenvalue weighted by atomic mass is 10.3. The molecule has 1 aliphatic heterocycles. The molecule has 1 unspecified atom stereocenters. The van der Waals surface area contributed by atoms with E-state index in [1.807, 2.05) is 0 Å². The lowest BCUT2D eigenvalue weighted by Gasteiger charge is -2.11. The zero-order valence-electron chi connectivity index (χ0n) is 9.03. The molecule has 5 nitrogen and oxygen atoms in total. The van der Waals surface area contributed by atoms with Crippen LogP contribution in [-0.2, 0) is 0 Å². The topological polar surface area (TPSA) is 67.0 Å². The Hall–Kier alpha value is -1.36. The molecule has 3 rings (SSSR count). The van der Waals surface area contributed by atoms with Crippen LogP contribution in [0.4, 0.5) is 0 Å². The maximum absolute atomic E-state index is 11.4. The molecule has 2 N–H and O–H groups in total. The van der Waals surface area contributed by atoms with E-state index in [2.05, 4.69) is 15.3 Å². The van der Waals surface area contributed by atoms with Crippen LogP contribution in [0.2, 0.25) is 0 Å². The highest BCUT2D eigenvalue weighted by Crippen LogP contribution is 2.37. The van der Waals surface area contributed by atoms with Crippen LogP contribution in [0.15, 0.2) is 10.9 Å². The maximum atomic E-state index is 11.4. The van der Waals surface area contributed by atoms with E-state index in [-0.39, 0.29) is 11.7 Å². The van der Waals surface area contributed by atoms with Gasteiger partial charge in [-0.25, -0.2) is 0 Å². The van der Waals surface area contributed by atoms with Gasteiger partial charge in [0.05, 0.1) is 6.07 Å². The summed E-state index contributed by atoms with van der Waals surface area (Å²) in [4.78, 5) is 18.6. The summed E-state index contributed by atoms with van der Waals surface area (Å²) in [6.07, 6.45) is 3.38.